The van der Waals surface area contributed by atoms with Crippen LogP contribution < -0.4 is 10.2 Å². The second-order valence-corrected chi connectivity index (χ2v) is 6.04. The van der Waals surface area contributed by atoms with Crippen LogP contribution in [0, 0.1) is 5.92 Å². The summed E-state index contributed by atoms with van der Waals surface area (Å²) in [4.78, 5) is 2.19. The van der Waals surface area contributed by atoms with Crippen molar-refractivity contribution in [1.29, 1.82) is 0 Å². The van der Waals surface area contributed by atoms with Crippen LogP contribution in [0.3, 0.4) is 0 Å². The Bertz CT molecular complexity index is 387. The highest BCUT2D eigenvalue weighted by atomic mass is 15.1. The van der Waals surface area contributed by atoms with Crippen molar-refractivity contribution in [3.05, 3.63) is 24.3 Å². The molecule has 2 heteroatoms. The number of nitrogens with zero attached hydrogens (tertiary/aromatic N) is 1. The molecule has 1 N–H and O–H groups in total. The van der Waals surface area contributed by atoms with E-state index in [4.69, 9.17) is 0 Å². The van der Waals surface area contributed by atoms with E-state index in [1.807, 2.05) is 0 Å². The van der Waals surface area contributed by atoms with E-state index in [0.29, 0.717) is 6.04 Å². The largest absolute Gasteiger partial charge is 0.381 e. The molecular weight excluding hydrogens is 232 g/mol. The van der Waals surface area contributed by atoms with Crippen molar-refractivity contribution in [3.8, 4) is 0 Å². The first-order chi connectivity index (χ1) is 9.20. The molecule has 0 amide bonds. The quantitative estimate of drug-likeness (QED) is 0.800. The summed E-state index contributed by atoms with van der Waals surface area (Å²) in [5, 5.41) is 3.77. The lowest BCUT2D eigenvalue weighted by Gasteiger charge is -2.23. The number of benzene rings is 1. The van der Waals surface area contributed by atoms with Crippen molar-refractivity contribution in [2.45, 2.75) is 51.5 Å². The molecule has 2 unspecified atom stereocenters. The minimum absolute atomic E-state index is 0.651. The molecule has 0 radical (unpaired) electrons. The van der Waals surface area contributed by atoms with Gasteiger partial charge in [-0.1, -0.05) is 38.3 Å². The molecule has 0 saturated heterocycles. The van der Waals surface area contributed by atoms with Crippen LogP contribution in [-0.2, 0) is 0 Å². The summed E-state index contributed by atoms with van der Waals surface area (Å²) in [7, 11) is 4.22. The van der Waals surface area contributed by atoms with Crippen LogP contribution in [0.1, 0.15) is 45.4 Å². The van der Waals surface area contributed by atoms with Gasteiger partial charge in [0.25, 0.3) is 0 Å². The van der Waals surface area contributed by atoms with E-state index in [9.17, 15) is 0 Å². The van der Waals surface area contributed by atoms with Crippen molar-refractivity contribution in [3.63, 3.8) is 0 Å². The Morgan fingerprint density at radius 2 is 1.89 bits per heavy atom. The maximum atomic E-state index is 3.77. The van der Waals surface area contributed by atoms with Crippen LogP contribution in [0.5, 0.6) is 0 Å². The fourth-order valence-corrected chi connectivity index (χ4v) is 3.14. The van der Waals surface area contributed by atoms with Crippen LogP contribution in [-0.4, -0.2) is 20.1 Å². The summed E-state index contributed by atoms with van der Waals surface area (Å²) < 4.78 is 0. The van der Waals surface area contributed by atoms with Crippen molar-refractivity contribution in [2.75, 3.05) is 24.3 Å². The first-order valence-corrected chi connectivity index (χ1v) is 7.73. The van der Waals surface area contributed by atoms with Crippen molar-refractivity contribution >= 4 is 11.4 Å². The summed E-state index contributed by atoms with van der Waals surface area (Å²) in [5.41, 5.74) is 2.58. The lowest BCUT2D eigenvalue weighted by molar-refractivity contribution is 0.444. The Labute approximate surface area is 118 Å². The van der Waals surface area contributed by atoms with Gasteiger partial charge in [0.05, 0.1) is 11.4 Å². The van der Waals surface area contributed by atoms with E-state index in [-0.39, 0.29) is 0 Å². The molecule has 1 fully saturated rings. The Morgan fingerprint density at radius 3 is 2.63 bits per heavy atom. The van der Waals surface area contributed by atoms with Gasteiger partial charge in [0.15, 0.2) is 0 Å². The maximum Gasteiger partial charge on any atom is 0.0596 e. The third kappa shape index (κ3) is 3.89. The lowest BCUT2D eigenvalue weighted by Crippen LogP contribution is -2.21. The monoisotopic (exact) mass is 260 g/mol. The number of rotatable bonds is 4. The molecular formula is C17H28N2. The van der Waals surface area contributed by atoms with Gasteiger partial charge in [-0.3, -0.25) is 0 Å². The maximum absolute atomic E-state index is 3.77. The number of hydrogen-bond acceptors (Lipinski definition) is 2. The average Bonchev–Trinajstić information content (AvgIpc) is 2.64. The molecule has 1 aliphatic rings. The van der Waals surface area contributed by atoms with E-state index in [1.54, 1.807) is 0 Å². The fraction of sp³-hybridized carbons (Fsp3) is 0.647. The lowest BCUT2D eigenvalue weighted by atomic mass is 9.98. The molecule has 0 aromatic heterocycles. The molecule has 19 heavy (non-hydrogen) atoms. The standard InChI is InChI=1S/C17H28N2/c1-4-14-8-7-9-15(13-12-14)18-16-10-5-6-11-17(16)19(2)3/h5-6,10-11,14-15,18H,4,7-9,12-13H2,1-3H3. The second kappa shape index (κ2) is 6.83. The first kappa shape index (κ1) is 14.2. The van der Waals surface area contributed by atoms with Gasteiger partial charge in [0.1, 0.15) is 0 Å². The van der Waals surface area contributed by atoms with E-state index in [1.165, 1.54) is 49.9 Å². The van der Waals surface area contributed by atoms with Gasteiger partial charge >= 0.3 is 0 Å². The molecule has 0 aliphatic heterocycles. The highest BCUT2D eigenvalue weighted by Gasteiger charge is 2.18. The van der Waals surface area contributed by atoms with Gasteiger partial charge in [-0.25, -0.2) is 0 Å². The minimum Gasteiger partial charge on any atom is -0.381 e. The molecule has 2 nitrogen and oxygen atoms in total. The van der Waals surface area contributed by atoms with Crippen LogP contribution in [0.25, 0.3) is 0 Å². The molecule has 2 atom stereocenters. The molecule has 106 valence electrons. The SMILES string of the molecule is CCC1CCCC(Nc2ccccc2N(C)C)CC1. The van der Waals surface area contributed by atoms with Gasteiger partial charge in [0.2, 0.25) is 0 Å². The zero-order chi connectivity index (χ0) is 13.7. The van der Waals surface area contributed by atoms with Gasteiger partial charge in [0, 0.05) is 20.1 Å². The normalized spacial score (nSPS) is 23.7. The number of para-hydroxylation sites is 2. The average molecular weight is 260 g/mol. The van der Waals surface area contributed by atoms with Crippen LogP contribution >= 0.6 is 0 Å². The Hall–Kier alpha value is -1.18. The van der Waals surface area contributed by atoms with E-state index in [2.05, 4.69) is 55.5 Å². The zero-order valence-corrected chi connectivity index (χ0v) is 12.7. The van der Waals surface area contributed by atoms with Crippen molar-refractivity contribution in [1.82, 2.24) is 0 Å². The van der Waals surface area contributed by atoms with Crippen molar-refractivity contribution in [2.24, 2.45) is 5.92 Å². The van der Waals surface area contributed by atoms with E-state index >= 15 is 0 Å². The fourth-order valence-electron chi connectivity index (χ4n) is 3.14. The molecule has 0 heterocycles. The highest BCUT2D eigenvalue weighted by Crippen LogP contribution is 2.30. The van der Waals surface area contributed by atoms with Crippen LogP contribution in [0.4, 0.5) is 11.4 Å². The molecule has 0 spiro atoms. The molecule has 1 aromatic carbocycles. The second-order valence-electron chi connectivity index (χ2n) is 6.04. The molecule has 1 aromatic rings. The highest BCUT2D eigenvalue weighted by molar-refractivity contribution is 5.69. The minimum atomic E-state index is 0.651. The summed E-state index contributed by atoms with van der Waals surface area (Å²) in [6, 6.07) is 9.28. The Morgan fingerprint density at radius 1 is 1.11 bits per heavy atom. The van der Waals surface area contributed by atoms with Gasteiger partial charge in [-0.15, -0.1) is 0 Å². The van der Waals surface area contributed by atoms with Crippen LogP contribution in [0.2, 0.25) is 0 Å². The van der Waals surface area contributed by atoms with Gasteiger partial charge < -0.3 is 10.2 Å². The summed E-state index contributed by atoms with van der Waals surface area (Å²) >= 11 is 0. The van der Waals surface area contributed by atoms with Crippen molar-refractivity contribution < 1.29 is 0 Å². The predicted molar refractivity (Wildman–Crippen MR) is 85.0 cm³/mol. The molecule has 2 rings (SSSR count). The zero-order valence-electron chi connectivity index (χ0n) is 12.7. The van der Waals surface area contributed by atoms with Gasteiger partial charge in [-0.2, -0.15) is 0 Å². The first-order valence-electron chi connectivity index (χ1n) is 7.73. The number of hydrogen-bond donors (Lipinski definition) is 1. The van der Waals surface area contributed by atoms with Crippen LogP contribution in [0.15, 0.2) is 24.3 Å². The molecule has 1 saturated carbocycles. The molecule has 0 bridgehead atoms. The van der Waals surface area contributed by atoms with Gasteiger partial charge in [-0.05, 0) is 37.3 Å². The molecule has 1 aliphatic carbocycles. The smallest absolute Gasteiger partial charge is 0.0596 e. The summed E-state index contributed by atoms with van der Waals surface area (Å²) in [6.45, 7) is 2.33. The number of anilines is 2. The Balaban J connectivity index is 2.01. The third-order valence-corrected chi connectivity index (χ3v) is 4.41. The van der Waals surface area contributed by atoms with E-state index in [0.717, 1.165) is 5.92 Å². The Kier molecular flexibility index (Phi) is 5.12. The van der Waals surface area contributed by atoms with E-state index < -0.39 is 0 Å². The third-order valence-electron chi connectivity index (χ3n) is 4.41. The summed E-state index contributed by atoms with van der Waals surface area (Å²) in [5.74, 6) is 0.955. The predicted octanol–water partition coefficient (Wildman–Crippen LogP) is 4.52. The number of nitrogens with one attached hydrogen (secondary N) is 1. The topological polar surface area (TPSA) is 15.3 Å². The summed E-state index contributed by atoms with van der Waals surface area (Å²) in [6.07, 6.45) is 8.17.